The first kappa shape index (κ1) is 24.1. The Morgan fingerprint density at radius 3 is 2.42 bits per heavy atom. The highest BCUT2D eigenvalue weighted by Gasteiger charge is 2.26. The zero-order valence-electron chi connectivity index (χ0n) is 19.3. The topological polar surface area (TPSA) is 110 Å². The molecular formula is C25H29N3O5. The minimum atomic E-state index is -0.565. The number of nitrogens with one attached hydrogen (secondary N) is 1. The van der Waals surface area contributed by atoms with Crippen molar-refractivity contribution in [1.82, 2.24) is 4.57 Å². The molecule has 1 N–H and O–H groups in total. The molecule has 1 fully saturated rings. The number of hydrogen-bond donors (Lipinski definition) is 1. The van der Waals surface area contributed by atoms with Gasteiger partial charge in [0.2, 0.25) is 0 Å². The molecule has 0 saturated heterocycles. The average molecular weight is 452 g/mol. The van der Waals surface area contributed by atoms with Gasteiger partial charge in [-0.1, -0.05) is 12.8 Å². The van der Waals surface area contributed by atoms with E-state index >= 15 is 0 Å². The van der Waals surface area contributed by atoms with Crippen molar-refractivity contribution >= 4 is 23.5 Å². The van der Waals surface area contributed by atoms with E-state index in [9.17, 15) is 19.6 Å². The standard InChI is InChI=1S/C25H29N3O5/c1-16-17(2)28(20-6-4-5-7-20)25(22(16)14-26)27-23(30)15-33-24(31)12-13-32-21-10-8-19(9-11-21)18(3)29/h8-11,20H,4-7,12-13,15H2,1-3H3,(H,27,30). The molecule has 0 aliphatic heterocycles. The van der Waals surface area contributed by atoms with Gasteiger partial charge in [0, 0.05) is 17.3 Å². The van der Waals surface area contributed by atoms with Gasteiger partial charge in [0.1, 0.15) is 17.6 Å². The summed E-state index contributed by atoms with van der Waals surface area (Å²) >= 11 is 0. The lowest BCUT2D eigenvalue weighted by atomic mass is 10.1. The summed E-state index contributed by atoms with van der Waals surface area (Å²) in [5.41, 5.74) is 2.85. The fraction of sp³-hybridized carbons (Fsp3) is 0.440. The number of anilines is 1. The van der Waals surface area contributed by atoms with Crippen LogP contribution in [0.2, 0.25) is 0 Å². The molecule has 1 aromatic carbocycles. The quantitative estimate of drug-likeness (QED) is 0.451. The summed E-state index contributed by atoms with van der Waals surface area (Å²) in [6, 6.07) is 9.07. The maximum Gasteiger partial charge on any atom is 0.309 e. The largest absolute Gasteiger partial charge is 0.493 e. The van der Waals surface area contributed by atoms with E-state index in [2.05, 4.69) is 11.4 Å². The van der Waals surface area contributed by atoms with E-state index in [1.807, 2.05) is 18.4 Å². The number of rotatable bonds is 9. The third kappa shape index (κ3) is 5.80. The highest BCUT2D eigenvalue weighted by Crippen LogP contribution is 2.37. The number of ether oxygens (including phenoxy) is 2. The molecule has 1 amide bonds. The Morgan fingerprint density at radius 1 is 1.15 bits per heavy atom. The molecule has 174 valence electrons. The van der Waals surface area contributed by atoms with Crippen molar-refractivity contribution in [3.63, 3.8) is 0 Å². The molecule has 0 radical (unpaired) electrons. The molecule has 0 atom stereocenters. The number of ketones is 1. The molecule has 0 spiro atoms. The Labute approximate surface area is 193 Å². The van der Waals surface area contributed by atoms with Crippen molar-refractivity contribution in [2.24, 2.45) is 0 Å². The SMILES string of the molecule is CC(=O)c1ccc(OCCC(=O)OCC(=O)Nc2c(C#N)c(C)c(C)n2C2CCCC2)cc1. The number of amides is 1. The third-order valence-corrected chi connectivity index (χ3v) is 6.02. The minimum Gasteiger partial charge on any atom is -0.493 e. The number of hydrogen-bond acceptors (Lipinski definition) is 6. The van der Waals surface area contributed by atoms with Crippen molar-refractivity contribution in [3.8, 4) is 11.8 Å². The van der Waals surface area contributed by atoms with Crippen LogP contribution in [0.5, 0.6) is 5.75 Å². The number of nitrogens with zero attached hydrogens (tertiary/aromatic N) is 2. The minimum absolute atomic E-state index is 0.0259. The van der Waals surface area contributed by atoms with Crippen molar-refractivity contribution in [1.29, 1.82) is 5.26 Å². The van der Waals surface area contributed by atoms with Crippen LogP contribution in [0.4, 0.5) is 5.82 Å². The summed E-state index contributed by atoms with van der Waals surface area (Å²) in [5, 5.41) is 12.4. The molecule has 1 aliphatic carbocycles. The molecule has 8 heteroatoms. The maximum atomic E-state index is 12.5. The fourth-order valence-electron chi connectivity index (χ4n) is 4.13. The normalized spacial score (nSPS) is 13.4. The zero-order valence-corrected chi connectivity index (χ0v) is 19.3. The van der Waals surface area contributed by atoms with E-state index in [1.54, 1.807) is 24.3 Å². The first-order valence-electron chi connectivity index (χ1n) is 11.1. The van der Waals surface area contributed by atoms with Crippen LogP contribution in [0.15, 0.2) is 24.3 Å². The monoisotopic (exact) mass is 451 g/mol. The fourth-order valence-corrected chi connectivity index (χ4v) is 4.13. The third-order valence-electron chi connectivity index (χ3n) is 6.02. The summed E-state index contributed by atoms with van der Waals surface area (Å²) < 4.78 is 12.6. The number of benzene rings is 1. The second kappa shape index (κ2) is 10.8. The van der Waals surface area contributed by atoms with E-state index < -0.39 is 18.5 Å². The van der Waals surface area contributed by atoms with Crippen molar-refractivity contribution in [3.05, 3.63) is 46.6 Å². The molecule has 0 bridgehead atoms. The maximum absolute atomic E-state index is 12.5. The smallest absolute Gasteiger partial charge is 0.309 e. The molecule has 0 unspecified atom stereocenters. The van der Waals surface area contributed by atoms with Gasteiger partial charge in [-0.15, -0.1) is 0 Å². The van der Waals surface area contributed by atoms with Gasteiger partial charge in [-0.3, -0.25) is 14.4 Å². The summed E-state index contributed by atoms with van der Waals surface area (Å²) in [5.74, 6) is -0.0706. The van der Waals surface area contributed by atoms with E-state index in [0.29, 0.717) is 22.7 Å². The predicted molar refractivity (Wildman–Crippen MR) is 122 cm³/mol. The lowest BCUT2D eigenvalue weighted by Crippen LogP contribution is -2.24. The van der Waals surface area contributed by atoms with Gasteiger partial charge in [-0.2, -0.15) is 5.26 Å². The molecule has 3 rings (SSSR count). The number of carbonyl (C=O) groups is 3. The molecule has 8 nitrogen and oxygen atoms in total. The van der Waals surface area contributed by atoms with Gasteiger partial charge in [0.25, 0.3) is 5.91 Å². The van der Waals surface area contributed by atoms with Crippen LogP contribution in [0.1, 0.15) is 72.2 Å². The summed E-state index contributed by atoms with van der Waals surface area (Å²) in [4.78, 5) is 35.8. The molecular weight excluding hydrogens is 422 g/mol. The highest BCUT2D eigenvalue weighted by atomic mass is 16.5. The van der Waals surface area contributed by atoms with Crippen LogP contribution in [0, 0.1) is 25.2 Å². The van der Waals surface area contributed by atoms with E-state index in [-0.39, 0.29) is 24.9 Å². The first-order chi connectivity index (χ1) is 15.8. The van der Waals surface area contributed by atoms with E-state index in [1.165, 1.54) is 6.92 Å². The van der Waals surface area contributed by atoms with Gasteiger partial charge in [-0.25, -0.2) is 0 Å². The second-order valence-corrected chi connectivity index (χ2v) is 8.24. The summed E-state index contributed by atoms with van der Waals surface area (Å²) in [7, 11) is 0. The summed E-state index contributed by atoms with van der Waals surface area (Å²) in [6.07, 6.45) is 4.24. The number of Topliss-reactive ketones (excluding diaryl/α,β-unsaturated/α-hetero) is 1. The zero-order chi connectivity index (χ0) is 24.0. The highest BCUT2D eigenvalue weighted by molar-refractivity contribution is 5.94. The van der Waals surface area contributed by atoms with Crippen LogP contribution < -0.4 is 10.1 Å². The van der Waals surface area contributed by atoms with Gasteiger partial charge in [0.15, 0.2) is 12.4 Å². The number of carbonyl (C=O) groups excluding carboxylic acids is 3. The Kier molecular flexibility index (Phi) is 7.88. The van der Waals surface area contributed by atoms with Crippen molar-refractivity contribution in [2.45, 2.75) is 58.9 Å². The predicted octanol–water partition coefficient (Wildman–Crippen LogP) is 4.25. The second-order valence-electron chi connectivity index (χ2n) is 8.24. The van der Waals surface area contributed by atoms with Gasteiger partial charge < -0.3 is 19.4 Å². The Hall–Kier alpha value is -3.60. The van der Waals surface area contributed by atoms with Crippen molar-refractivity contribution in [2.75, 3.05) is 18.5 Å². The lowest BCUT2D eigenvalue weighted by Gasteiger charge is -2.19. The van der Waals surface area contributed by atoms with Gasteiger partial charge in [-0.05, 0) is 63.4 Å². The molecule has 33 heavy (non-hydrogen) atoms. The number of aromatic nitrogens is 1. The molecule has 1 aliphatic rings. The average Bonchev–Trinajstić information content (AvgIpc) is 3.39. The Balaban J connectivity index is 1.51. The molecule has 1 heterocycles. The van der Waals surface area contributed by atoms with Crippen LogP contribution in [0.3, 0.4) is 0 Å². The first-order valence-corrected chi connectivity index (χ1v) is 11.1. The van der Waals surface area contributed by atoms with Gasteiger partial charge >= 0.3 is 5.97 Å². The molecule has 1 saturated carbocycles. The van der Waals surface area contributed by atoms with Crippen LogP contribution in [-0.4, -0.2) is 35.4 Å². The van der Waals surface area contributed by atoms with Crippen LogP contribution >= 0.6 is 0 Å². The number of esters is 1. The Bertz CT molecular complexity index is 1070. The van der Waals surface area contributed by atoms with E-state index in [4.69, 9.17) is 9.47 Å². The number of nitriles is 1. The summed E-state index contributed by atoms with van der Waals surface area (Å²) in [6.45, 7) is 4.96. The molecule has 1 aromatic heterocycles. The van der Waals surface area contributed by atoms with Crippen LogP contribution in [-0.2, 0) is 14.3 Å². The Morgan fingerprint density at radius 2 is 1.82 bits per heavy atom. The van der Waals surface area contributed by atoms with Gasteiger partial charge in [0.05, 0.1) is 18.6 Å². The molecule has 2 aromatic rings. The van der Waals surface area contributed by atoms with Crippen LogP contribution in [0.25, 0.3) is 0 Å². The van der Waals surface area contributed by atoms with Crippen molar-refractivity contribution < 1.29 is 23.9 Å². The van der Waals surface area contributed by atoms with E-state index in [0.717, 1.165) is 36.9 Å². The lowest BCUT2D eigenvalue weighted by molar-refractivity contribution is -0.147.